The molecule has 0 aliphatic carbocycles. The van der Waals surface area contributed by atoms with E-state index in [4.69, 9.17) is 32.4 Å². The second-order valence-electron chi connectivity index (χ2n) is 6.57. The van der Waals surface area contributed by atoms with E-state index in [0.717, 1.165) is 20.2 Å². The predicted octanol–water partition coefficient (Wildman–Crippen LogP) is 4.50. The number of carbonyl (C=O) groups excluding carboxylic acids is 2. The Labute approximate surface area is 222 Å². The molecule has 9 nitrogen and oxygen atoms in total. The topological polar surface area (TPSA) is 188 Å². The van der Waals surface area contributed by atoms with Crippen molar-refractivity contribution in [2.75, 3.05) is 36.1 Å². The number of nitrogens with two attached hydrogens (primary N) is 4. The smallest absolute Gasteiger partial charge is 0.341 e. The third-order valence-electron chi connectivity index (χ3n) is 4.51. The van der Waals surface area contributed by atoms with E-state index in [-0.39, 0.29) is 30.3 Å². The molecule has 10 N–H and O–H groups in total. The van der Waals surface area contributed by atoms with Crippen molar-refractivity contribution in [3.05, 3.63) is 47.5 Å². The highest BCUT2D eigenvalue weighted by molar-refractivity contribution is 7.24. The second-order valence-corrected chi connectivity index (χ2v) is 8.68. The van der Waals surface area contributed by atoms with Crippen LogP contribution in [0, 0.1) is 0 Å². The Morgan fingerprint density at radius 1 is 0.714 bits per heavy atom. The lowest BCUT2D eigenvalue weighted by atomic mass is 10.1. The Balaban J connectivity index is 0.000000608. The molecule has 0 spiro atoms. The lowest BCUT2D eigenvalue weighted by Crippen LogP contribution is -2.06. The minimum Gasteiger partial charge on any atom is -0.462 e. The number of benzene rings is 2. The molecule has 192 valence electrons. The highest BCUT2D eigenvalue weighted by Crippen LogP contribution is 2.38. The van der Waals surface area contributed by atoms with E-state index >= 15 is 0 Å². The van der Waals surface area contributed by atoms with E-state index in [0.29, 0.717) is 45.7 Å². The number of nitrogen functional groups attached to an aromatic ring is 4. The molecular weight excluding hydrogens is 535 g/mol. The Hall–Kier alpha value is -2.96. The molecule has 0 atom stereocenters. The van der Waals surface area contributed by atoms with Crippen molar-refractivity contribution in [2.45, 2.75) is 13.8 Å². The second kappa shape index (κ2) is 13.8. The van der Waals surface area contributed by atoms with Crippen LogP contribution in [0.25, 0.3) is 20.2 Å². The normalized spacial score (nSPS) is 9.66. The van der Waals surface area contributed by atoms with Crippen molar-refractivity contribution >= 4 is 101 Å². The zero-order valence-electron chi connectivity index (χ0n) is 19.0. The van der Waals surface area contributed by atoms with Gasteiger partial charge in [-0.15, -0.1) is 47.5 Å². The fourth-order valence-corrected chi connectivity index (χ4v) is 5.11. The molecule has 0 fully saturated rings. The number of esters is 2. The van der Waals surface area contributed by atoms with Gasteiger partial charge in [0.2, 0.25) is 0 Å². The first-order valence-corrected chi connectivity index (χ1v) is 11.4. The van der Waals surface area contributed by atoms with Gasteiger partial charge in [-0.3, -0.25) is 0 Å². The van der Waals surface area contributed by atoms with Crippen LogP contribution in [-0.2, 0) is 9.47 Å². The molecule has 2 heterocycles. The highest BCUT2D eigenvalue weighted by atomic mass is 35.5. The van der Waals surface area contributed by atoms with Crippen LogP contribution in [0.4, 0.5) is 21.4 Å². The van der Waals surface area contributed by atoms with Gasteiger partial charge in [0.05, 0.1) is 22.6 Å². The summed E-state index contributed by atoms with van der Waals surface area (Å²) in [6.07, 6.45) is 0. The van der Waals surface area contributed by atoms with E-state index < -0.39 is 11.9 Å². The molecule has 0 saturated heterocycles. The Kier molecular flexibility index (Phi) is 12.6. The Morgan fingerprint density at radius 3 is 1.37 bits per heavy atom. The van der Waals surface area contributed by atoms with Gasteiger partial charge in [-0.25, -0.2) is 9.59 Å². The van der Waals surface area contributed by atoms with Crippen LogP contribution in [0.3, 0.4) is 0 Å². The molecule has 0 bridgehead atoms. The van der Waals surface area contributed by atoms with E-state index in [2.05, 4.69) is 0 Å². The number of carbonyl (C=O) groups is 2. The fraction of sp³-hybridized carbons (Fsp3) is 0.182. The van der Waals surface area contributed by atoms with Crippen LogP contribution in [0.15, 0.2) is 36.4 Å². The molecule has 0 unspecified atom stereocenters. The molecule has 2 aromatic heterocycles. The van der Waals surface area contributed by atoms with Gasteiger partial charge in [0.1, 0.15) is 21.1 Å². The van der Waals surface area contributed by atoms with Crippen molar-refractivity contribution in [1.82, 2.24) is 0 Å². The van der Waals surface area contributed by atoms with Gasteiger partial charge < -0.3 is 37.9 Å². The first kappa shape index (κ1) is 32.0. The first-order valence-electron chi connectivity index (χ1n) is 9.77. The van der Waals surface area contributed by atoms with E-state index in [9.17, 15) is 9.59 Å². The van der Waals surface area contributed by atoms with E-state index in [1.807, 2.05) is 12.1 Å². The number of thiophene rings is 2. The molecule has 0 radical (unpaired) electrons. The molecule has 13 heteroatoms. The van der Waals surface area contributed by atoms with Gasteiger partial charge >= 0.3 is 11.9 Å². The van der Waals surface area contributed by atoms with Gasteiger partial charge in [0, 0.05) is 22.1 Å². The molecule has 4 aromatic rings. The number of ether oxygens (including phenoxy) is 2. The molecule has 4 rings (SSSR count). The molecule has 0 amide bonds. The van der Waals surface area contributed by atoms with Crippen molar-refractivity contribution in [3.8, 4) is 0 Å². The van der Waals surface area contributed by atoms with Gasteiger partial charge in [-0.1, -0.05) is 24.3 Å². The molecule has 0 saturated carbocycles. The van der Waals surface area contributed by atoms with E-state index in [1.54, 1.807) is 38.1 Å². The molecular formula is C22H28Cl2N4O5S2. The van der Waals surface area contributed by atoms with Crippen LogP contribution < -0.4 is 22.9 Å². The van der Waals surface area contributed by atoms with Crippen molar-refractivity contribution in [2.24, 2.45) is 0 Å². The number of halogens is 2. The van der Waals surface area contributed by atoms with Gasteiger partial charge in [0.15, 0.2) is 0 Å². The lowest BCUT2D eigenvalue weighted by Gasteiger charge is -2.01. The van der Waals surface area contributed by atoms with Crippen molar-refractivity contribution < 1.29 is 24.5 Å². The summed E-state index contributed by atoms with van der Waals surface area (Å²) in [5, 5.41) is 2.43. The molecule has 2 aromatic carbocycles. The third kappa shape index (κ3) is 6.59. The summed E-state index contributed by atoms with van der Waals surface area (Å²) in [6, 6.07) is 10.8. The summed E-state index contributed by atoms with van der Waals surface area (Å²) < 4.78 is 11.6. The molecule has 35 heavy (non-hydrogen) atoms. The average molecular weight is 564 g/mol. The standard InChI is InChI=1S/2C11H12N2O2S.2ClH.H2O/c2*1-2-15-11(14)8-6-4-3-5-7(12)9(6)16-10(8)13;;;/h2*3-5H,2,12-13H2,1H3;2*1H;1H2. The largest absolute Gasteiger partial charge is 0.462 e. The maximum absolute atomic E-state index is 11.7. The minimum absolute atomic E-state index is 0. The maximum atomic E-state index is 11.7. The van der Waals surface area contributed by atoms with Gasteiger partial charge in [0.25, 0.3) is 0 Å². The summed E-state index contributed by atoms with van der Waals surface area (Å²) in [6.45, 7) is 4.18. The summed E-state index contributed by atoms with van der Waals surface area (Å²) in [7, 11) is 0. The minimum atomic E-state index is -0.392. The number of hydrogen-bond acceptors (Lipinski definition) is 10. The third-order valence-corrected chi connectivity index (χ3v) is 6.67. The number of anilines is 4. The zero-order valence-corrected chi connectivity index (χ0v) is 22.2. The summed E-state index contributed by atoms with van der Waals surface area (Å²) >= 11 is 2.62. The Morgan fingerprint density at radius 2 is 1.06 bits per heavy atom. The fourth-order valence-electron chi connectivity index (χ4n) is 3.15. The summed E-state index contributed by atoms with van der Waals surface area (Å²) in [5.74, 6) is -0.784. The van der Waals surface area contributed by atoms with Crippen LogP contribution >= 0.6 is 47.5 Å². The van der Waals surface area contributed by atoms with Crippen molar-refractivity contribution in [3.63, 3.8) is 0 Å². The quantitative estimate of drug-likeness (QED) is 0.206. The monoisotopic (exact) mass is 562 g/mol. The Bertz CT molecular complexity index is 1210. The SMILES string of the molecule is CCOC(=O)c1c(N)sc2c(N)cccc12.CCOC(=O)c1c(N)sc2c(N)cccc12.Cl.Cl.O. The highest BCUT2D eigenvalue weighted by Gasteiger charge is 2.20. The maximum Gasteiger partial charge on any atom is 0.341 e. The van der Waals surface area contributed by atoms with Crippen LogP contribution in [0.1, 0.15) is 34.6 Å². The summed E-state index contributed by atoms with van der Waals surface area (Å²) in [4.78, 5) is 23.4. The lowest BCUT2D eigenvalue weighted by molar-refractivity contribution is 0.0520. The van der Waals surface area contributed by atoms with E-state index in [1.165, 1.54) is 22.7 Å². The molecule has 0 aliphatic rings. The van der Waals surface area contributed by atoms with Crippen LogP contribution in [0.2, 0.25) is 0 Å². The van der Waals surface area contributed by atoms with Crippen LogP contribution in [-0.4, -0.2) is 30.6 Å². The first-order chi connectivity index (χ1) is 15.3. The zero-order chi connectivity index (χ0) is 23.4. The van der Waals surface area contributed by atoms with Crippen molar-refractivity contribution in [1.29, 1.82) is 0 Å². The number of hydrogen-bond donors (Lipinski definition) is 4. The van der Waals surface area contributed by atoms with Gasteiger partial charge in [-0.05, 0) is 26.0 Å². The predicted molar refractivity (Wildman–Crippen MR) is 151 cm³/mol. The molecule has 0 aliphatic heterocycles. The number of fused-ring (bicyclic) bond motifs is 2. The summed E-state index contributed by atoms with van der Waals surface area (Å²) in [5.41, 5.74) is 25.4. The average Bonchev–Trinajstić information content (AvgIpc) is 3.26. The van der Waals surface area contributed by atoms with Gasteiger partial charge in [-0.2, -0.15) is 0 Å². The van der Waals surface area contributed by atoms with Crippen LogP contribution in [0.5, 0.6) is 0 Å². The number of rotatable bonds is 4.